The summed E-state index contributed by atoms with van der Waals surface area (Å²) in [5.74, 6) is -1.07. The monoisotopic (exact) mass is 495 g/mol. The number of carbonyl (C=O) groups excluding carboxylic acids is 1. The molecule has 3 aromatic carbocycles. The summed E-state index contributed by atoms with van der Waals surface area (Å²) in [6.45, 7) is 4.09. The van der Waals surface area contributed by atoms with Gasteiger partial charge < -0.3 is 4.90 Å². The Morgan fingerprint density at radius 1 is 0.829 bits per heavy atom. The van der Waals surface area contributed by atoms with Crippen LogP contribution in [-0.2, 0) is 16.6 Å². The lowest BCUT2D eigenvalue weighted by Crippen LogP contribution is -2.48. The zero-order valence-electron chi connectivity index (χ0n) is 19.7. The van der Waals surface area contributed by atoms with Crippen LogP contribution in [0.1, 0.15) is 35.2 Å². The van der Waals surface area contributed by atoms with Crippen molar-refractivity contribution in [2.75, 3.05) is 39.3 Å². The molecule has 0 bridgehead atoms. The Labute approximate surface area is 206 Å². The van der Waals surface area contributed by atoms with Crippen molar-refractivity contribution in [2.45, 2.75) is 30.7 Å². The van der Waals surface area contributed by atoms with E-state index in [1.807, 2.05) is 12.1 Å². The summed E-state index contributed by atoms with van der Waals surface area (Å²) < 4.78 is 41.9. The second-order valence-electron chi connectivity index (χ2n) is 9.32. The van der Waals surface area contributed by atoms with Crippen LogP contribution in [0.3, 0.4) is 0 Å². The van der Waals surface area contributed by atoms with E-state index < -0.39 is 20.7 Å². The van der Waals surface area contributed by atoms with Gasteiger partial charge in [0.05, 0.1) is 0 Å². The van der Waals surface area contributed by atoms with Crippen LogP contribution in [0.15, 0.2) is 65.6 Å². The molecule has 0 unspecified atom stereocenters. The molecule has 2 heterocycles. The van der Waals surface area contributed by atoms with Gasteiger partial charge in [0, 0.05) is 51.4 Å². The minimum absolute atomic E-state index is 0.212. The Hall–Kier alpha value is -2.81. The first-order chi connectivity index (χ1) is 16.9. The molecule has 0 radical (unpaired) electrons. The Kier molecular flexibility index (Phi) is 6.86. The highest BCUT2D eigenvalue weighted by Crippen LogP contribution is 2.25. The van der Waals surface area contributed by atoms with Gasteiger partial charge in [-0.3, -0.25) is 9.69 Å². The predicted molar refractivity (Wildman–Crippen MR) is 134 cm³/mol. The molecule has 8 heteroatoms. The minimum atomic E-state index is -3.96. The van der Waals surface area contributed by atoms with Gasteiger partial charge in [-0.2, -0.15) is 4.31 Å². The standard InChI is InChI=1S/C27H30FN3O3S/c28-25-12-11-22(19-26(25)35(33,34)31-13-4-1-5-14-31)27(32)30-17-15-29(16-18-30)20-23-9-6-8-21-7-2-3-10-24(21)23/h2-3,6-12,19H,1,4-5,13-18,20H2. The fourth-order valence-corrected chi connectivity index (χ4v) is 6.65. The van der Waals surface area contributed by atoms with E-state index in [0.717, 1.165) is 45.0 Å². The predicted octanol–water partition coefficient (Wildman–Crippen LogP) is 4.11. The molecule has 2 aliphatic heterocycles. The number of hydrogen-bond donors (Lipinski definition) is 0. The summed E-state index contributed by atoms with van der Waals surface area (Å²) in [4.78, 5) is 16.8. The van der Waals surface area contributed by atoms with Crippen molar-refractivity contribution in [3.63, 3.8) is 0 Å². The van der Waals surface area contributed by atoms with E-state index in [2.05, 4.69) is 35.2 Å². The molecule has 0 aliphatic carbocycles. The number of piperidine rings is 1. The van der Waals surface area contributed by atoms with E-state index >= 15 is 0 Å². The summed E-state index contributed by atoms with van der Waals surface area (Å²) >= 11 is 0. The fraction of sp³-hybridized carbons (Fsp3) is 0.370. The number of halogens is 1. The van der Waals surface area contributed by atoms with E-state index in [9.17, 15) is 17.6 Å². The van der Waals surface area contributed by atoms with Crippen LogP contribution in [0, 0.1) is 5.82 Å². The SMILES string of the molecule is O=C(c1ccc(F)c(S(=O)(=O)N2CCCCC2)c1)N1CCN(Cc2cccc3ccccc23)CC1. The van der Waals surface area contributed by atoms with E-state index in [4.69, 9.17) is 0 Å². The second kappa shape index (κ2) is 10.0. The topological polar surface area (TPSA) is 60.9 Å². The number of amides is 1. The lowest BCUT2D eigenvalue weighted by molar-refractivity contribution is 0.0628. The van der Waals surface area contributed by atoms with Crippen LogP contribution in [0.5, 0.6) is 0 Å². The molecule has 2 fully saturated rings. The molecule has 6 nitrogen and oxygen atoms in total. The average molecular weight is 496 g/mol. The molecular weight excluding hydrogens is 465 g/mol. The van der Waals surface area contributed by atoms with Crippen molar-refractivity contribution in [1.82, 2.24) is 14.1 Å². The number of piperazine rings is 1. The molecule has 0 N–H and O–H groups in total. The summed E-state index contributed by atoms with van der Waals surface area (Å²) in [6, 6.07) is 18.3. The Bertz CT molecular complexity index is 1330. The van der Waals surface area contributed by atoms with Crippen LogP contribution in [0.25, 0.3) is 10.8 Å². The molecule has 1 amide bonds. The minimum Gasteiger partial charge on any atom is -0.336 e. The first kappa shape index (κ1) is 23.9. The maximum Gasteiger partial charge on any atom is 0.253 e. The number of carbonyl (C=O) groups is 1. The van der Waals surface area contributed by atoms with E-state index in [1.165, 1.54) is 32.8 Å². The second-order valence-corrected chi connectivity index (χ2v) is 11.2. The largest absolute Gasteiger partial charge is 0.336 e. The van der Waals surface area contributed by atoms with Gasteiger partial charge in [-0.25, -0.2) is 12.8 Å². The molecular formula is C27H30FN3O3S. The van der Waals surface area contributed by atoms with Crippen LogP contribution < -0.4 is 0 Å². The summed E-state index contributed by atoms with van der Waals surface area (Å²) in [5.41, 5.74) is 1.47. The lowest BCUT2D eigenvalue weighted by Gasteiger charge is -2.35. The van der Waals surface area contributed by atoms with Gasteiger partial charge in [0.1, 0.15) is 10.7 Å². The molecule has 0 spiro atoms. The van der Waals surface area contributed by atoms with Gasteiger partial charge in [0.15, 0.2) is 0 Å². The Balaban J connectivity index is 1.27. The average Bonchev–Trinajstić information content (AvgIpc) is 2.90. The van der Waals surface area contributed by atoms with Crippen molar-refractivity contribution in [3.8, 4) is 0 Å². The summed E-state index contributed by atoms with van der Waals surface area (Å²) in [5, 5.41) is 2.45. The maximum absolute atomic E-state index is 14.6. The van der Waals surface area contributed by atoms with Crippen molar-refractivity contribution in [1.29, 1.82) is 0 Å². The third kappa shape index (κ3) is 4.96. The van der Waals surface area contributed by atoms with Crippen LogP contribution in [0.4, 0.5) is 4.39 Å². The Morgan fingerprint density at radius 2 is 1.54 bits per heavy atom. The zero-order valence-corrected chi connectivity index (χ0v) is 20.5. The van der Waals surface area contributed by atoms with Crippen molar-refractivity contribution < 1.29 is 17.6 Å². The number of rotatable bonds is 5. The molecule has 3 aromatic rings. The van der Waals surface area contributed by atoms with Gasteiger partial charge in [0.2, 0.25) is 10.0 Å². The first-order valence-corrected chi connectivity index (χ1v) is 13.7. The Morgan fingerprint density at radius 3 is 2.31 bits per heavy atom. The summed E-state index contributed by atoms with van der Waals surface area (Å²) in [6.07, 6.45) is 2.50. The van der Waals surface area contributed by atoms with E-state index in [1.54, 1.807) is 4.90 Å². The zero-order chi connectivity index (χ0) is 24.4. The molecule has 5 rings (SSSR count). The number of nitrogens with zero attached hydrogens (tertiary/aromatic N) is 3. The first-order valence-electron chi connectivity index (χ1n) is 12.2. The normalized spacial score (nSPS) is 18.1. The van der Waals surface area contributed by atoms with Gasteiger partial charge >= 0.3 is 0 Å². The highest BCUT2D eigenvalue weighted by atomic mass is 32.2. The van der Waals surface area contributed by atoms with Crippen molar-refractivity contribution >= 4 is 26.7 Å². The molecule has 0 aromatic heterocycles. The highest BCUT2D eigenvalue weighted by Gasteiger charge is 2.30. The van der Waals surface area contributed by atoms with Gasteiger partial charge in [0.25, 0.3) is 5.91 Å². The lowest BCUT2D eigenvalue weighted by atomic mass is 10.0. The molecule has 0 saturated carbocycles. The summed E-state index contributed by atoms with van der Waals surface area (Å²) in [7, 11) is -3.96. The third-order valence-electron chi connectivity index (χ3n) is 7.04. The molecule has 184 valence electrons. The molecule has 35 heavy (non-hydrogen) atoms. The van der Waals surface area contributed by atoms with E-state index in [-0.39, 0.29) is 11.5 Å². The van der Waals surface area contributed by atoms with Gasteiger partial charge in [-0.15, -0.1) is 0 Å². The number of fused-ring (bicyclic) bond motifs is 1. The third-order valence-corrected chi connectivity index (χ3v) is 8.96. The molecule has 2 saturated heterocycles. The van der Waals surface area contributed by atoms with Crippen LogP contribution in [-0.4, -0.2) is 67.7 Å². The number of benzene rings is 3. The van der Waals surface area contributed by atoms with Crippen molar-refractivity contribution in [3.05, 3.63) is 77.6 Å². The van der Waals surface area contributed by atoms with Crippen LogP contribution >= 0.6 is 0 Å². The van der Waals surface area contributed by atoms with Gasteiger partial charge in [-0.1, -0.05) is 48.9 Å². The number of hydrogen-bond acceptors (Lipinski definition) is 4. The van der Waals surface area contributed by atoms with Crippen LogP contribution in [0.2, 0.25) is 0 Å². The van der Waals surface area contributed by atoms with Crippen molar-refractivity contribution in [2.24, 2.45) is 0 Å². The number of sulfonamides is 1. The highest BCUT2D eigenvalue weighted by molar-refractivity contribution is 7.89. The quantitative estimate of drug-likeness (QED) is 0.535. The molecule has 2 aliphatic rings. The smallest absolute Gasteiger partial charge is 0.253 e. The van der Waals surface area contributed by atoms with E-state index in [0.29, 0.717) is 26.2 Å². The molecule has 0 atom stereocenters. The maximum atomic E-state index is 14.6. The van der Waals surface area contributed by atoms with Gasteiger partial charge in [-0.05, 0) is 47.4 Å². The fourth-order valence-electron chi connectivity index (χ4n) is 5.04.